The summed E-state index contributed by atoms with van der Waals surface area (Å²) in [6.45, 7) is 4.01. The number of aromatic nitrogens is 1. The zero-order chi connectivity index (χ0) is 19.9. The second-order valence-electron chi connectivity index (χ2n) is 6.36. The Morgan fingerprint density at radius 2 is 1.68 bits per heavy atom. The number of carbonyl (C=O) groups is 2. The summed E-state index contributed by atoms with van der Waals surface area (Å²) in [6.07, 6.45) is 0. The van der Waals surface area contributed by atoms with Crippen LogP contribution < -0.4 is 10.6 Å². The first-order chi connectivity index (χ1) is 13.5. The maximum atomic E-state index is 12.1. The highest BCUT2D eigenvalue weighted by Crippen LogP contribution is 2.25. The van der Waals surface area contributed by atoms with E-state index in [1.165, 1.54) is 28.7 Å². The second kappa shape index (κ2) is 9.52. The standard InChI is InChI=1S/C21H21N3O2S2/c1-14-6-8-16(9-7-14)18-11-28-21(23-18)24-20(26)13-27-12-19(25)22-17-5-3-4-15(2)10-17/h3-11H,12-13H2,1-2H3,(H,22,25)(H,23,24,26). The molecule has 0 saturated heterocycles. The van der Waals surface area contributed by atoms with Gasteiger partial charge in [0.25, 0.3) is 0 Å². The molecule has 0 atom stereocenters. The first kappa shape index (κ1) is 20.1. The molecule has 5 nitrogen and oxygen atoms in total. The van der Waals surface area contributed by atoms with Crippen molar-refractivity contribution in [3.8, 4) is 11.3 Å². The number of aryl methyl sites for hydroxylation is 2. The van der Waals surface area contributed by atoms with E-state index in [1.807, 2.05) is 67.8 Å². The molecule has 0 aliphatic carbocycles. The van der Waals surface area contributed by atoms with Crippen LogP contribution in [0.1, 0.15) is 11.1 Å². The van der Waals surface area contributed by atoms with Gasteiger partial charge in [0, 0.05) is 16.6 Å². The van der Waals surface area contributed by atoms with Crippen LogP contribution in [-0.2, 0) is 9.59 Å². The van der Waals surface area contributed by atoms with Gasteiger partial charge < -0.3 is 10.6 Å². The van der Waals surface area contributed by atoms with E-state index in [2.05, 4.69) is 15.6 Å². The van der Waals surface area contributed by atoms with Crippen LogP contribution in [0.2, 0.25) is 0 Å². The van der Waals surface area contributed by atoms with Crippen molar-refractivity contribution in [2.24, 2.45) is 0 Å². The van der Waals surface area contributed by atoms with Gasteiger partial charge in [0.05, 0.1) is 17.2 Å². The first-order valence-electron chi connectivity index (χ1n) is 8.76. The molecule has 0 fully saturated rings. The minimum Gasteiger partial charge on any atom is -0.325 e. The number of carbonyl (C=O) groups excluding carboxylic acids is 2. The topological polar surface area (TPSA) is 71.1 Å². The van der Waals surface area contributed by atoms with Gasteiger partial charge >= 0.3 is 0 Å². The summed E-state index contributed by atoms with van der Waals surface area (Å²) < 4.78 is 0. The summed E-state index contributed by atoms with van der Waals surface area (Å²) in [4.78, 5) is 28.5. The van der Waals surface area contributed by atoms with Crippen molar-refractivity contribution in [2.45, 2.75) is 13.8 Å². The van der Waals surface area contributed by atoms with Crippen molar-refractivity contribution < 1.29 is 9.59 Å². The Balaban J connectivity index is 1.43. The molecule has 7 heteroatoms. The number of hydrogen-bond donors (Lipinski definition) is 2. The summed E-state index contributed by atoms with van der Waals surface area (Å²) in [5.41, 5.74) is 4.89. The van der Waals surface area contributed by atoms with E-state index in [-0.39, 0.29) is 23.3 Å². The summed E-state index contributed by atoms with van der Waals surface area (Å²) in [7, 11) is 0. The molecule has 0 saturated carbocycles. The van der Waals surface area contributed by atoms with E-state index in [4.69, 9.17) is 0 Å². The molecule has 2 aromatic carbocycles. The molecule has 0 radical (unpaired) electrons. The lowest BCUT2D eigenvalue weighted by atomic mass is 10.1. The summed E-state index contributed by atoms with van der Waals surface area (Å²) in [5.74, 6) is 0.117. The Morgan fingerprint density at radius 3 is 2.39 bits per heavy atom. The van der Waals surface area contributed by atoms with Crippen molar-refractivity contribution in [1.29, 1.82) is 0 Å². The normalized spacial score (nSPS) is 10.5. The van der Waals surface area contributed by atoms with E-state index in [0.29, 0.717) is 5.13 Å². The average Bonchev–Trinajstić information content (AvgIpc) is 3.10. The number of nitrogens with zero attached hydrogens (tertiary/aromatic N) is 1. The van der Waals surface area contributed by atoms with Gasteiger partial charge in [-0.2, -0.15) is 0 Å². The van der Waals surface area contributed by atoms with Crippen LogP contribution >= 0.6 is 23.1 Å². The molecule has 1 aromatic heterocycles. The lowest BCUT2D eigenvalue weighted by Gasteiger charge is -2.06. The molecule has 28 heavy (non-hydrogen) atoms. The van der Waals surface area contributed by atoms with Gasteiger partial charge in [-0.15, -0.1) is 23.1 Å². The molecule has 0 aliphatic rings. The van der Waals surface area contributed by atoms with Gasteiger partial charge in [-0.3, -0.25) is 9.59 Å². The van der Waals surface area contributed by atoms with Crippen LogP contribution in [0.15, 0.2) is 53.9 Å². The fraction of sp³-hybridized carbons (Fsp3) is 0.190. The minimum absolute atomic E-state index is 0.126. The van der Waals surface area contributed by atoms with E-state index in [9.17, 15) is 9.59 Å². The van der Waals surface area contributed by atoms with Crippen molar-refractivity contribution in [1.82, 2.24) is 4.98 Å². The molecule has 0 bridgehead atoms. The molecular formula is C21H21N3O2S2. The lowest BCUT2D eigenvalue weighted by molar-refractivity contribution is -0.114. The summed E-state index contributed by atoms with van der Waals surface area (Å²) in [6, 6.07) is 15.7. The SMILES string of the molecule is Cc1ccc(-c2csc(NC(=O)CSCC(=O)Nc3cccc(C)c3)n2)cc1. The highest BCUT2D eigenvalue weighted by atomic mass is 32.2. The Labute approximate surface area is 172 Å². The summed E-state index contributed by atoms with van der Waals surface area (Å²) in [5, 5.41) is 8.10. The molecule has 2 N–H and O–H groups in total. The first-order valence-corrected chi connectivity index (χ1v) is 10.8. The average molecular weight is 412 g/mol. The van der Waals surface area contributed by atoms with Crippen LogP contribution in [-0.4, -0.2) is 28.3 Å². The molecular weight excluding hydrogens is 390 g/mol. The Morgan fingerprint density at radius 1 is 0.964 bits per heavy atom. The van der Waals surface area contributed by atoms with Crippen LogP contribution in [0.4, 0.5) is 10.8 Å². The number of hydrogen-bond acceptors (Lipinski definition) is 5. The smallest absolute Gasteiger partial charge is 0.236 e. The third kappa shape index (κ3) is 5.94. The quantitative estimate of drug-likeness (QED) is 0.589. The third-order valence-corrected chi connectivity index (χ3v) is 5.56. The minimum atomic E-state index is -0.168. The molecule has 0 spiro atoms. The predicted octanol–water partition coefficient (Wildman–Crippen LogP) is 4.74. The zero-order valence-corrected chi connectivity index (χ0v) is 17.3. The highest BCUT2D eigenvalue weighted by molar-refractivity contribution is 8.00. The largest absolute Gasteiger partial charge is 0.325 e. The van der Waals surface area contributed by atoms with Gasteiger partial charge in [-0.1, -0.05) is 42.0 Å². The fourth-order valence-corrected chi connectivity index (χ4v) is 3.85. The molecule has 0 unspecified atom stereocenters. The van der Waals surface area contributed by atoms with Gasteiger partial charge in [-0.25, -0.2) is 4.98 Å². The van der Waals surface area contributed by atoms with E-state index < -0.39 is 0 Å². The van der Waals surface area contributed by atoms with Crippen LogP contribution in [0, 0.1) is 13.8 Å². The van der Waals surface area contributed by atoms with Crippen LogP contribution in [0.5, 0.6) is 0 Å². The van der Waals surface area contributed by atoms with Gasteiger partial charge in [0.1, 0.15) is 0 Å². The Bertz CT molecular complexity index is 968. The number of anilines is 2. The number of amides is 2. The van der Waals surface area contributed by atoms with E-state index in [1.54, 1.807) is 0 Å². The maximum Gasteiger partial charge on any atom is 0.236 e. The highest BCUT2D eigenvalue weighted by Gasteiger charge is 2.10. The molecule has 0 aliphatic heterocycles. The Kier molecular flexibility index (Phi) is 6.84. The van der Waals surface area contributed by atoms with Crippen molar-refractivity contribution in [3.05, 3.63) is 65.0 Å². The van der Waals surface area contributed by atoms with E-state index >= 15 is 0 Å². The van der Waals surface area contributed by atoms with Gasteiger partial charge in [0.15, 0.2) is 5.13 Å². The number of rotatable bonds is 7. The fourth-order valence-electron chi connectivity index (χ4n) is 2.50. The van der Waals surface area contributed by atoms with Gasteiger partial charge in [-0.05, 0) is 31.5 Å². The number of thiazole rings is 1. The van der Waals surface area contributed by atoms with Crippen molar-refractivity contribution in [3.63, 3.8) is 0 Å². The van der Waals surface area contributed by atoms with E-state index in [0.717, 1.165) is 22.5 Å². The lowest BCUT2D eigenvalue weighted by Crippen LogP contribution is -2.18. The van der Waals surface area contributed by atoms with Crippen LogP contribution in [0.3, 0.4) is 0 Å². The second-order valence-corrected chi connectivity index (χ2v) is 8.21. The third-order valence-electron chi connectivity index (χ3n) is 3.87. The Hall–Kier alpha value is -2.64. The van der Waals surface area contributed by atoms with Gasteiger partial charge in [0.2, 0.25) is 11.8 Å². The monoisotopic (exact) mass is 411 g/mol. The maximum absolute atomic E-state index is 12.1. The molecule has 144 valence electrons. The summed E-state index contributed by atoms with van der Waals surface area (Å²) >= 11 is 2.66. The molecule has 3 aromatic rings. The number of benzene rings is 2. The molecule has 2 amide bonds. The van der Waals surface area contributed by atoms with Crippen molar-refractivity contribution in [2.75, 3.05) is 22.1 Å². The van der Waals surface area contributed by atoms with Crippen LogP contribution in [0.25, 0.3) is 11.3 Å². The molecule has 3 rings (SSSR count). The predicted molar refractivity (Wildman–Crippen MR) is 118 cm³/mol. The molecule has 1 heterocycles. The number of nitrogens with one attached hydrogen (secondary N) is 2. The zero-order valence-electron chi connectivity index (χ0n) is 15.7. The van der Waals surface area contributed by atoms with Crippen molar-refractivity contribution >= 4 is 45.7 Å². The number of thioether (sulfide) groups is 1.